The second kappa shape index (κ2) is 4.92. The first-order valence-electron chi connectivity index (χ1n) is 5.78. The van der Waals surface area contributed by atoms with Crippen molar-refractivity contribution in [3.63, 3.8) is 0 Å². The van der Waals surface area contributed by atoms with Crippen molar-refractivity contribution in [3.8, 4) is 0 Å². The van der Waals surface area contributed by atoms with Crippen molar-refractivity contribution in [2.45, 2.75) is 19.5 Å². The number of hydrogen-bond donors (Lipinski definition) is 0. The number of rotatable bonds is 2. The Bertz CT molecular complexity index is 573. The van der Waals surface area contributed by atoms with E-state index >= 15 is 0 Å². The van der Waals surface area contributed by atoms with Gasteiger partial charge in [0.2, 0.25) is 5.82 Å². The van der Waals surface area contributed by atoms with Gasteiger partial charge in [0.1, 0.15) is 0 Å². The van der Waals surface area contributed by atoms with E-state index in [-0.39, 0.29) is 5.57 Å². The minimum absolute atomic E-state index is 0.148. The minimum atomic E-state index is -2.12. The van der Waals surface area contributed by atoms with Crippen molar-refractivity contribution >= 4 is 14.4 Å². The number of allylic oxidation sites excluding steroid dienone is 4. The van der Waals surface area contributed by atoms with Crippen molar-refractivity contribution in [2.75, 3.05) is 0 Å². The third kappa shape index (κ3) is 2.14. The smallest absolute Gasteiger partial charge is 0.200 e. The molecule has 0 atom stereocenters. The molecule has 102 valence electrons. The Labute approximate surface area is 108 Å². The lowest BCUT2D eigenvalue weighted by Gasteiger charge is -2.14. The van der Waals surface area contributed by atoms with Gasteiger partial charge in [-0.05, 0) is 12.0 Å². The molecule has 0 nitrogen and oxygen atoms in total. The Morgan fingerprint density at radius 1 is 0.789 bits per heavy atom. The topological polar surface area (TPSA) is 0 Å². The molecule has 0 aromatic heterocycles. The average Bonchev–Trinajstić information content (AvgIpc) is 2.83. The molecule has 0 amide bonds. The highest BCUT2D eigenvalue weighted by molar-refractivity contribution is 6.67. The molecular formula is C13H11F5Si. The fourth-order valence-electron chi connectivity index (χ4n) is 2.17. The number of hydrogen-bond acceptors (Lipinski definition) is 0. The van der Waals surface area contributed by atoms with Gasteiger partial charge in [-0.25, -0.2) is 22.0 Å². The molecule has 0 saturated heterocycles. The third-order valence-corrected chi connectivity index (χ3v) is 4.86. The first-order chi connectivity index (χ1) is 8.86. The Kier molecular flexibility index (Phi) is 3.62. The molecule has 0 aliphatic heterocycles. The second-order valence-electron chi connectivity index (χ2n) is 4.61. The van der Waals surface area contributed by atoms with Gasteiger partial charge in [-0.3, -0.25) is 0 Å². The summed E-state index contributed by atoms with van der Waals surface area (Å²) in [7, 11) is -1.41. The summed E-state index contributed by atoms with van der Waals surface area (Å²) >= 11 is 0. The zero-order valence-electron chi connectivity index (χ0n) is 10.3. The maximum absolute atomic E-state index is 13.7. The van der Waals surface area contributed by atoms with Crippen molar-refractivity contribution < 1.29 is 22.0 Å². The van der Waals surface area contributed by atoms with Crippen LogP contribution in [0.2, 0.25) is 13.1 Å². The highest BCUT2D eigenvalue weighted by Gasteiger charge is 2.30. The van der Waals surface area contributed by atoms with Crippen molar-refractivity contribution in [1.82, 2.24) is 0 Å². The van der Waals surface area contributed by atoms with Gasteiger partial charge in [-0.1, -0.05) is 30.4 Å². The van der Waals surface area contributed by atoms with Crippen LogP contribution in [-0.2, 0) is 0 Å². The van der Waals surface area contributed by atoms with Crippen LogP contribution in [0.25, 0.3) is 5.57 Å². The number of halogens is 5. The predicted molar refractivity (Wildman–Crippen MR) is 65.8 cm³/mol. The molecule has 0 heterocycles. The first kappa shape index (κ1) is 14.0. The van der Waals surface area contributed by atoms with Gasteiger partial charge in [0.05, 0.1) is 14.4 Å². The zero-order valence-corrected chi connectivity index (χ0v) is 11.5. The average molecular weight is 290 g/mol. The van der Waals surface area contributed by atoms with E-state index in [1.54, 1.807) is 6.08 Å². The molecular weight excluding hydrogens is 279 g/mol. The van der Waals surface area contributed by atoms with Crippen LogP contribution < -0.4 is 0 Å². The molecule has 1 aromatic rings. The van der Waals surface area contributed by atoms with Crippen LogP contribution in [0.4, 0.5) is 22.0 Å². The fourth-order valence-corrected chi connectivity index (χ4v) is 3.66. The Morgan fingerprint density at radius 3 is 1.74 bits per heavy atom. The van der Waals surface area contributed by atoms with Gasteiger partial charge in [0, 0.05) is 0 Å². The van der Waals surface area contributed by atoms with Crippen LogP contribution in [0, 0.1) is 29.1 Å². The molecule has 0 radical (unpaired) electrons. The Hall–Kier alpha value is -1.43. The van der Waals surface area contributed by atoms with Crippen LogP contribution in [0.15, 0.2) is 17.3 Å². The molecule has 2 rings (SSSR count). The Balaban J connectivity index is 2.69. The minimum Gasteiger partial charge on any atom is -0.203 e. The van der Waals surface area contributed by atoms with Crippen LogP contribution in [-0.4, -0.2) is 8.80 Å². The normalized spacial score (nSPS) is 14.9. The molecule has 0 fully saturated rings. The molecule has 1 aliphatic carbocycles. The lowest BCUT2D eigenvalue weighted by Crippen LogP contribution is -2.11. The van der Waals surface area contributed by atoms with Gasteiger partial charge in [-0.2, -0.15) is 0 Å². The summed E-state index contributed by atoms with van der Waals surface area (Å²) in [6, 6.07) is 0. The van der Waals surface area contributed by atoms with E-state index in [0.717, 1.165) is 5.20 Å². The van der Waals surface area contributed by atoms with Crippen LogP contribution in [0.1, 0.15) is 12.0 Å². The summed E-state index contributed by atoms with van der Waals surface area (Å²) in [5.74, 6) is -9.43. The molecule has 0 spiro atoms. The van der Waals surface area contributed by atoms with Gasteiger partial charge in [0.15, 0.2) is 23.3 Å². The molecule has 0 unspecified atom stereocenters. The van der Waals surface area contributed by atoms with Gasteiger partial charge in [0.25, 0.3) is 0 Å². The summed E-state index contributed by atoms with van der Waals surface area (Å²) < 4.78 is 66.8. The lowest BCUT2D eigenvalue weighted by atomic mass is 10.0. The van der Waals surface area contributed by atoms with E-state index in [1.165, 1.54) is 6.08 Å². The summed E-state index contributed by atoms with van der Waals surface area (Å²) in [4.78, 5) is 0. The van der Waals surface area contributed by atoms with Gasteiger partial charge >= 0.3 is 0 Å². The highest BCUT2D eigenvalue weighted by Crippen LogP contribution is 2.36. The summed E-state index contributed by atoms with van der Waals surface area (Å²) in [5, 5.41) is 0.725. The molecule has 0 bridgehead atoms. The third-order valence-electron chi connectivity index (χ3n) is 3.07. The largest absolute Gasteiger partial charge is 0.203 e. The molecule has 1 aliphatic rings. The van der Waals surface area contributed by atoms with Crippen molar-refractivity contribution in [3.05, 3.63) is 52.0 Å². The second-order valence-corrected chi connectivity index (χ2v) is 7.54. The standard InChI is InChI=1S/C13H11F5Si/c1-19(2)7-5-3-4-6(7)8-9(14)11(16)13(18)12(17)10(8)15/h4-5,19H,3H2,1-2H3. The number of benzene rings is 1. The van der Waals surface area contributed by atoms with Gasteiger partial charge < -0.3 is 0 Å². The summed E-state index contributed by atoms with van der Waals surface area (Å²) in [6.07, 6.45) is 3.74. The zero-order chi connectivity index (χ0) is 14.3. The van der Waals surface area contributed by atoms with E-state index in [2.05, 4.69) is 0 Å². The van der Waals surface area contributed by atoms with Crippen LogP contribution in [0.5, 0.6) is 0 Å². The molecule has 0 N–H and O–H groups in total. The van der Waals surface area contributed by atoms with Gasteiger partial charge in [-0.15, -0.1) is 0 Å². The summed E-state index contributed by atoms with van der Waals surface area (Å²) in [6.45, 7) is 3.86. The summed E-state index contributed by atoms with van der Waals surface area (Å²) in [5.41, 5.74) is -0.657. The molecule has 1 aromatic carbocycles. The lowest BCUT2D eigenvalue weighted by molar-refractivity contribution is 0.376. The van der Waals surface area contributed by atoms with E-state index in [4.69, 9.17) is 0 Å². The fraction of sp³-hybridized carbons (Fsp3) is 0.231. The molecule has 6 heteroatoms. The quantitative estimate of drug-likeness (QED) is 0.333. The highest BCUT2D eigenvalue weighted by atomic mass is 28.3. The van der Waals surface area contributed by atoms with Crippen LogP contribution in [0.3, 0.4) is 0 Å². The van der Waals surface area contributed by atoms with Crippen molar-refractivity contribution in [1.29, 1.82) is 0 Å². The Morgan fingerprint density at radius 2 is 1.26 bits per heavy atom. The maximum atomic E-state index is 13.7. The van der Waals surface area contributed by atoms with Crippen LogP contribution >= 0.6 is 0 Å². The van der Waals surface area contributed by atoms with E-state index in [0.29, 0.717) is 6.42 Å². The molecule has 0 saturated carbocycles. The maximum Gasteiger partial charge on any atom is 0.200 e. The van der Waals surface area contributed by atoms with E-state index < -0.39 is 43.4 Å². The van der Waals surface area contributed by atoms with E-state index in [1.807, 2.05) is 13.1 Å². The van der Waals surface area contributed by atoms with Crippen molar-refractivity contribution in [2.24, 2.45) is 0 Å². The molecule has 19 heavy (non-hydrogen) atoms. The van der Waals surface area contributed by atoms with E-state index in [9.17, 15) is 22.0 Å². The predicted octanol–water partition coefficient (Wildman–Crippen LogP) is 4.12. The SMILES string of the molecule is C[SiH](C)C1=CCC=C1c1c(F)c(F)c(F)c(F)c1F. The first-order valence-corrected chi connectivity index (χ1v) is 8.67. The monoisotopic (exact) mass is 290 g/mol.